The van der Waals surface area contributed by atoms with Crippen LogP contribution < -0.4 is 0 Å². The minimum atomic E-state index is -1.79. The molecule has 5 N–H and O–H groups in total. The normalized spacial score (nSPS) is 19.5. The molecule has 0 aliphatic rings. The standard InChI is InChI=1S/C6H12O6.Li.H/c7-1-3(9)5(11)6(12)4(10)2-8;;/h1,3-6,8-12H,2H2;;/t3-,4+,5+,6+;;/m0../s1. The molecule has 0 fully saturated rings. The Morgan fingerprint density at radius 3 is 1.85 bits per heavy atom. The number of carbonyl (C=O) groups excluding carboxylic acids is 1. The van der Waals surface area contributed by atoms with E-state index in [2.05, 4.69) is 0 Å². The Balaban J connectivity index is 0. The van der Waals surface area contributed by atoms with E-state index in [0.29, 0.717) is 0 Å². The van der Waals surface area contributed by atoms with Crippen molar-refractivity contribution in [1.82, 2.24) is 0 Å². The second-order valence-corrected chi connectivity index (χ2v) is 2.36. The summed E-state index contributed by atoms with van der Waals surface area (Å²) in [7, 11) is 0. The number of aliphatic hydroxyl groups is 5. The van der Waals surface area contributed by atoms with E-state index in [0.717, 1.165) is 0 Å². The summed E-state index contributed by atoms with van der Waals surface area (Å²) in [5.41, 5.74) is 0. The van der Waals surface area contributed by atoms with Gasteiger partial charge in [-0.25, -0.2) is 0 Å². The Kier molecular flexibility index (Phi) is 8.93. The molecule has 0 bridgehead atoms. The van der Waals surface area contributed by atoms with E-state index < -0.39 is 31.0 Å². The van der Waals surface area contributed by atoms with E-state index in [9.17, 15) is 4.79 Å². The molecule has 6 nitrogen and oxygen atoms in total. The molecular formula is C6H13LiO6. The predicted molar refractivity (Wildman–Crippen MR) is 44.3 cm³/mol. The molecule has 0 radical (unpaired) electrons. The summed E-state index contributed by atoms with van der Waals surface area (Å²) < 4.78 is 0. The molecule has 0 aromatic carbocycles. The zero-order valence-electron chi connectivity index (χ0n) is 6.24. The first-order valence-electron chi connectivity index (χ1n) is 3.33. The number of aliphatic hydroxyl groups excluding tert-OH is 5. The van der Waals surface area contributed by atoms with Crippen molar-refractivity contribution in [2.24, 2.45) is 0 Å². The van der Waals surface area contributed by atoms with Crippen molar-refractivity contribution in [2.75, 3.05) is 6.61 Å². The van der Waals surface area contributed by atoms with Gasteiger partial charge in [0.2, 0.25) is 0 Å². The zero-order valence-corrected chi connectivity index (χ0v) is 6.24. The van der Waals surface area contributed by atoms with Crippen LogP contribution in [-0.4, -0.2) is 81.7 Å². The summed E-state index contributed by atoms with van der Waals surface area (Å²) in [5.74, 6) is 0. The Labute approximate surface area is 87.0 Å². The van der Waals surface area contributed by atoms with Gasteiger partial charge in [0, 0.05) is 0 Å². The van der Waals surface area contributed by atoms with E-state index in [1.807, 2.05) is 0 Å². The molecule has 0 saturated heterocycles. The summed E-state index contributed by atoms with van der Waals surface area (Å²) in [6, 6.07) is 0. The number of hydrogen-bond donors (Lipinski definition) is 5. The molecule has 13 heavy (non-hydrogen) atoms. The first-order valence-corrected chi connectivity index (χ1v) is 3.33. The fraction of sp³-hybridized carbons (Fsp3) is 0.833. The predicted octanol–water partition coefficient (Wildman–Crippen LogP) is -4.03. The van der Waals surface area contributed by atoms with Gasteiger partial charge in [-0.3, -0.25) is 0 Å². The van der Waals surface area contributed by atoms with Crippen LogP contribution in [0.5, 0.6) is 0 Å². The molecule has 0 unspecified atom stereocenters. The van der Waals surface area contributed by atoms with Crippen LogP contribution in [0.4, 0.5) is 0 Å². The van der Waals surface area contributed by atoms with Gasteiger partial charge in [0.1, 0.15) is 24.4 Å². The second kappa shape index (κ2) is 7.47. The summed E-state index contributed by atoms with van der Waals surface area (Å²) in [6.45, 7) is -0.760. The molecule has 0 heterocycles. The average molecular weight is 188 g/mol. The molecule has 4 atom stereocenters. The summed E-state index contributed by atoms with van der Waals surface area (Å²) in [5, 5.41) is 43.5. The zero-order chi connectivity index (χ0) is 9.72. The van der Waals surface area contributed by atoms with Gasteiger partial charge in [-0.05, 0) is 0 Å². The molecule has 0 spiro atoms. The summed E-state index contributed by atoms with van der Waals surface area (Å²) in [6.07, 6.45) is -6.84. The molecule has 0 aromatic heterocycles. The van der Waals surface area contributed by atoms with Crippen LogP contribution in [0.15, 0.2) is 0 Å². The Bertz CT molecular complexity index is 143. The maximum atomic E-state index is 9.90. The second-order valence-electron chi connectivity index (χ2n) is 2.36. The number of rotatable bonds is 5. The van der Waals surface area contributed by atoms with Crippen LogP contribution in [0.25, 0.3) is 0 Å². The minimum absolute atomic E-state index is 0. The average Bonchev–Trinajstić information content (AvgIpc) is 2.12. The van der Waals surface area contributed by atoms with E-state index in [4.69, 9.17) is 25.5 Å². The van der Waals surface area contributed by atoms with Crippen LogP contribution in [-0.2, 0) is 4.79 Å². The van der Waals surface area contributed by atoms with Crippen molar-refractivity contribution in [3.8, 4) is 0 Å². The number of hydrogen-bond acceptors (Lipinski definition) is 6. The third-order valence-corrected chi connectivity index (χ3v) is 1.42. The van der Waals surface area contributed by atoms with Gasteiger partial charge >= 0.3 is 18.9 Å². The molecule has 0 aromatic rings. The maximum absolute atomic E-state index is 9.90. The van der Waals surface area contributed by atoms with Crippen LogP contribution in [0.2, 0.25) is 0 Å². The van der Waals surface area contributed by atoms with Crippen LogP contribution >= 0.6 is 0 Å². The van der Waals surface area contributed by atoms with Gasteiger partial charge in [-0.15, -0.1) is 0 Å². The molecule has 0 rings (SSSR count). The van der Waals surface area contributed by atoms with Gasteiger partial charge in [-0.1, -0.05) is 0 Å². The Morgan fingerprint density at radius 2 is 1.54 bits per heavy atom. The van der Waals surface area contributed by atoms with Crippen LogP contribution in [0.3, 0.4) is 0 Å². The molecule has 0 aliphatic carbocycles. The number of carbonyl (C=O) groups is 1. The molecule has 74 valence electrons. The third-order valence-electron chi connectivity index (χ3n) is 1.42. The van der Waals surface area contributed by atoms with E-state index >= 15 is 0 Å². The molecule has 0 saturated carbocycles. The monoisotopic (exact) mass is 188 g/mol. The Hall–Kier alpha value is 0.0674. The third kappa shape index (κ3) is 4.74. The molecule has 0 amide bonds. The fourth-order valence-corrected chi connectivity index (χ4v) is 0.618. The summed E-state index contributed by atoms with van der Waals surface area (Å²) >= 11 is 0. The van der Waals surface area contributed by atoms with Crippen LogP contribution in [0.1, 0.15) is 0 Å². The van der Waals surface area contributed by atoms with Gasteiger partial charge in [0.15, 0.2) is 6.29 Å². The van der Waals surface area contributed by atoms with E-state index in [1.165, 1.54) is 0 Å². The molecular weight excluding hydrogens is 175 g/mol. The summed E-state index contributed by atoms with van der Waals surface area (Å²) in [4.78, 5) is 9.90. The van der Waals surface area contributed by atoms with E-state index in [1.54, 1.807) is 0 Å². The van der Waals surface area contributed by atoms with Gasteiger partial charge in [0.05, 0.1) is 6.61 Å². The van der Waals surface area contributed by atoms with Gasteiger partial charge in [0.25, 0.3) is 0 Å². The van der Waals surface area contributed by atoms with Crippen molar-refractivity contribution < 1.29 is 30.3 Å². The topological polar surface area (TPSA) is 118 Å². The fourth-order valence-electron chi connectivity index (χ4n) is 0.618. The van der Waals surface area contributed by atoms with Gasteiger partial charge in [-0.2, -0.15) is 0 Å². The van der Waals surface area contributed by atoms with Crippen molar-refractivity contribution >= 4 is 25.1 Å². The quantitative estimate of drug-likeness (QED) is 0.221. The molecule has 0 aliphatic heterocycles. The molecule has 7 heteroatoms. The van der Waals surface area contributed by atoms with Gasteiger partial charge < -0.3 is 30.3 Å². The van der Waals surface area contributed by atoms with Crippen molar-refractivity contribution in [3.05, 3.63) is 0 Å². The first kappa shape index (κ1) is 15.5. The van der Waals surface area contributed by atoms with E-state index in [-0.39, 0.29) is 25.1 Å². The SMILES string of the molecule is O=C[C@H](O)[C@@H](O)[C@H](O)[C@H](O)CO.[LiH]. The van der Waals surface area contributed by atoms with Crippen LogP contribution in [0, 0.1) is 0 Å². The Morgan fingerprint density at radius 1 is 1.08 bits per heavy atom. The van der Waals surface area contributed by atoms with Crippen molar-refractivity contribution in [1.29, 1.82) is 0 Å². The number of aldehydes is 1. The first-order chi connectivity index (χ1) is 5.54. The van der Waals surface area contributed by atoms with Crippen molar-refractivity contribution in [2.45, 2.75) is 24.4 Å². The van der Waals surface area contributed by atoms with Crippen molar-refractivity contribution in [3.63, 3.8) is 0 Å².